The molecule has 1 aliphatic carbocycles. The monoisotopic (exact) mass is 579 g/mol. The van der Waals surface area contributed by atoms with Crippen LogP contribution in [0, 0.1) is 28.5 Å². The van der Waals surface area contributed by atoms with Crippen LogP contribution in [0.15, 0.2) is 55.5 Å². The average Bonchev–Trinajstić information content (AvgIpc) is 3.63. The largest absolute Gasteiger partial charge is 0.492 e. The molecule has 1 amide bonds. The highest BCUT2D eigenvalue weighted by Gasteiger charge is 2.43. The highest BCUT2D eigenvalue weighted by molar-refractivity contribution is 5.92. The predicted molar refractivity (Wildman–Crippen MR) is 163 cm³/mol. The van der Waals surface area contributed by atoms with Crippen LogP contribution in [-0.4, -0.2) is 45.2 Å². The van der Waals surface area contributed by atoms with Gasteiger partial charge >= 0.3 is 0 Å². The normalized spacial score (nSPS) is 17.6. The Kier molecular flexibility index (Phi) is 7.57. The molecule has 1 unspecified atom stereocenters. The van der Waals surface area contributed by atoms with E-state index in [2.05, 4.69) is 32.9 Å². The third-order valence-electron chi connectivity index (χ3n) is 8.80. The highest BCUT2D eigenvalue weighted by atomic mass is 19.1. The van der Waals surface area contributed by atoms with Gasteiger partial charge in [-0.05, 0) is 87.3 Å². The molecular formula is C33H34FN7O2. The number of carbonyl (C=O) groups is 1. The molecule has 9 nitrogen and oxygen atoms in total. The Hall–Kier alpha value is -4.78. The molecular weight excluding hydrogens is 545 g/mol. The maximum Gasteiger partial charge on any atom is 0.228 e. The Morgan fingerprint density at radius 1 is 1.23 bits per heavy atom. The van der Waals surface area contributed by atoms with Crippen molar-refractivity contribution >= 4 is 28.6 Å². The Morgan fingerprint density at radius 3 is 2.74 bits per heavy atom. The topological polar surface area (TPSA) is 108 Å². The van der Waals surface area contributed by atoms with E-state index in [1.54, 1.807) is 23.8 Å². The zero-order chi connectivity index (χ0) is 30.1. The molecule has 0 bridgehead atoms. The molecule has 43 heavy (non-hydrogen) atoms. The van der Waals surface area contributed by atoms with Crippen molar-refractivity contribution < 1.29 is 13.9 Å². The zero-order valence-corrected chi connectivity index (χ0v) is 24.4. The van der Waals surface area contributed by atoms with Gasteiger partial charge in [0, 0.05) is 36.3 Å². The van der Waals surface area contributed by atoms with Crippen LogP contribution in [0.3, 0.4) is 0 Å². The molecule has 1 saturated heterocycles. The van der Waals surface area contributed by atoms with Crippen LogP contribution in [0.2, 0.25) is 0 Å². The van der Waals surface area contributed by atoms with Gasteiger partial charge in [0.25, 0.3) is 0 Å². The van der Waals surface area contributed by atoms with Crippen molar-refractivity contribution in [2.75, 3.05) is 29.9 Å². The SMILES string of the molecule is C=C(C)c1nc(NC(=O)C2CCC3(CCN(c4ccc(-c5cc(OCC)cn6ncc(C#N)c56)cn4)CC3)C2)ccc1F. The van der Waals surface area contributed by atoms with Gasteiger partial charge in [0.1, 0.15) is 35.0 Å². The quantitative estimate of drug-likeness (QED) is 0.275. The number of fused-ring (bicyclic) bond motifs is 1. The number of anilines is 2. The maximum atomic E-state index is 14.0. The lowest BCUT2D eigenvalue weighted by molar-refractivity contribution is -0.120. The van der Waals surface area contributed by atoms with Crippen LogP contribution in [0.1, 0.15) is 57.2 Å². The summed E-state index contributed by atoms with van der Waals surface area (Å²) in [7, 11) is 0. The van der Waals surface area contributed by atoms with E-state index in [1.165, 1.54) is 12.1 Å². The Balaban J connectivity index is 1.11. The minimum atomic E-state index is -0.444. The summed E-state index contributed by atoms with van der Waals surface area (Å²) in [5.41, 5.74) is 3.79. The summed E-state index contributed by atoms with van der Waals surface area (Å²) >= 11 is 0. The molecule has 2 fully saturated rings. The van der Waals surface area contributed by atoms with Crippen molar-refractivity contribution in [3.05, 3.63) is 72.6 Å². The van der Waals surface area contributed by atoms with E-state index in [0.717, 1.165) is 67.7 Å². The smallest absolute Gasteiger partial charge is 0.228 e. The van der Waals surface area contributed by atoms with Gasteiger partial charge in [0.2, 0.25) is 5.91 Å². The first-order valence-electron chi connectivity index (χ1n) is 14.7. The van der Waals surface area contributed by atoms with Gasteiger partial charge in [0.05, 0.1) is 30.1 Å². The first-order valence-corrected chi connectivity index (χ1v) is 14.7. The number of halogens is 1. The second-order valence-electron chi connectivity index (χ2n) is 11.6. The summed E-state index contributed by atoms with van der Waals surface area (Å²) in [5.74, 6) is 1.36. The lowest BCUT2D eigenvalue weighted by Crippen LogP contribution is -2.39. The number of aromatic nitrogens is 4. The minimum Gasteiger partial charge on any atom is -0.492 e. The molecule has 220 valence electrons. The molecule has 2 aliphatic rings. The van der Waals surface area contributed by atoms with Gasteiger partial charge in [-0.25, -0.2) is 18.9 Å². The molecule has 6 rings (SSSR count). The van der Waals surface area contributed by atoms with Crippen molar-refractivity contribution in [2.24, 2.45) is 11.3 Å². The summed E-state index contributed by atoms with van der Waals surface area (Å²) in [6, 6.07) is 11.0. The molecule has 4 aromatic rings. The molecule has 1 saturated carbocycles. The number of hydrogen-bond donors (Lipinski definition) is 1. The standard InChI is InChI=1S/C33H34FN7O2/c1-4-43-25-15-26(31-24(17-35)19-37-41(31)20-25)23-5-8-29(36-18-23)40-13-11-33(12-14-40)10-9-22(16-33)32(42)39-28-7-6-27(34)30(38-28)21(2)3/h5-8,15,18-20,22H,2,4,9-14,16H2,1,3H3,(H,38,39,42). The first kappa shape index (κ1) is 28.3. The van der Waals surface area contributed by atoms with E-state index in [-0.39, 0.29) is 22.9 Å². The summed E-state index contributed by atoms with van der Waals surface area (Å²) in [6.07, 6.45) is 9.87. The van der Waals surface area contributed by atoms with Crippen LogP contribution in [0.25, 0.3) is 22.2 Å². The molecule has 0 aromatic carbocycles. The molecule has 10 heteroatoms. The summed E-state index contributed by atoms with van der Waals surface area (Å²) in [5, 5.41) is 16.9. The van der Waals surface area contributed by atoms with E-state index in [0.29, 0.717) is 29.3 Å². The average molecular weight is 580 g/mol. The van der Waals surface area contributed by atoms with E-state index < -0.39 is 5.82 Å². The van der Waals surface area contributed by atoms with Crippen LogP contribution >= 0.6 is 0 Å². The number of allylic oxidation sites excluding steroid dienone is 1. The number of amides is 1. The van der Waals surface area contributed by atoms with Crippen LogP contribution in [0.4, 0.5) is 16.0 Å². The number of carbonyl (C=O) groups excluding carboxylic acids is 1. The van der Waals surface area contributed by atoms with Crippen LogP contribution in [-0.2, 0) is 4.79 Å². The number of nitrogens with one attached hydrogen (secondary N) is 1. The second-order valence-corrected chi connectivity index (χ2v) is 11.6. The van der Waals surface area contributed by atoms with Crippen molar-refractivity contribution in [2.45, 2.75) is 46.0 Å². The molecule has 1 N–H and O–H groups in total. The minimum absolute atomic E-state index is 0.0522. The third-order valence-corrected chi connectivity index (χ3v) is 8.80. The van der Waals surface area contributed by atoms with Crippen molar-refractivity contribution in [3.63, 3.8) is 0 Å². The molecule has 1 spiro atoms. The van der Waals surface area contributed by atoms with Gasteiger partial charge in [-0.2, -0.15) is 10.4 Å². The Bertz CT molecular complexity index is 1730. The van der Waals surface area contributed by atoms with Crippen molar-refractivity contribution in [3.8, 4) is 22.9 Å². The second kappa shape index (κ2) is 11.5. The number of piperidine rings is 1. The molecule has 5 heterocycles. The number of pyridine rings is 3. The fraction of sp³-hybridized carbons (Fsp3) is 0.364. The van der Waals surface area contributed by atoms with E-state index in [4.69, 9.17) is 9.72 Å². The van der Waals surface area contributed by atoms with Crippen molar-refractivity contribution in [1.82, 2.24) is 19.6 Å². The van der Waals surface area contributed by atoms with Gasteiger partial charge in [-0.15, -0.1) is 0 Å². The molecule has 1 atom stereocenters. The van der Waals surface area contributed by atoms with Crippen LogP contribution < -0.4 is 15.0 Å². The van der Waals surface area contributed by atoms with Gasteiger partial charge in [0.15, 0.2) is 0 Å². The summed E-state index contributed by atoms with van der Waals surface area (Å²) in [4.78, 5) is 24.4. The summed E-state index contributed by atoms with van der Waals surface area (Å²) in [6.45, 7) is 9.66. The Labute approximate surface area is 250 Å². The zero-order valence-electron chi connectivity index (χ0n) is 24.4. The fourth-order valence-corrected chi connectivity index (χ4v) is 6.51. The fourth-order valence-electron chi connectivity index (χ4n) is 6.51. The number of ether oxygens (including phenoxy) is 1. The van der Waals surface area contributed by atoms with E-state index >= 15 is 0 Å². The van der Waals surface area contributed by atoms with Gasteiger partial charge in [-0.3, -0.25) is 4.79 Å². The molecule has 1 aliphatic heterocycles. The third kappa shape index (κ3) is 5.55. The molecule has 0 radical (unpaired) electrons. The highest BCUT2D eigenvalue weighted by Crippen LogP contribution is 2.49. The summed E-state index contributed by atoms with van der Waals surface area (Å²) < 4.78 is 21.4. The Morgan fingerprint density at radius 2 is 2.05 bits per heavy atom. The van der Waals surface area contributed by atoms with Crippen molar-refractivity contribution in [1.29, 1.82) is 5.26 Å². The van der Waals surface area contributed by atoms with Gasteiger partial charge < -0.3 is 15.0 Å². The lowest BCUT2D eigenvalue weighted by atomic mass is 9.76. The predicted octanol–water partition coefficient (Wildman–Crippen LogP) is 6.26. The first-order chi connectivity index (χ1) is 20.8. The number of nitrogens with zero attached hydrogens (tertiary/aromatic N) is 6. The maximum absolute atomic E-state index is 14.0. The number of rotatable bonds is 7. The lowest BCUT2D eigenvalue weighted by Gasteiger charge is -2.40. The molecule has 4 aromatic heterocycles. The number of nitriles is 1. The van der Waals surface area contributed by atoms with Crippen LogP contribution in [0.5, 0.6) is 5.75 Å². The van der Waals surface area contributed by atoms with E-state index in [1.807, 2.05) is 31.3 Å². The number of hydrogen-bond acceptors (Lipinski definition) is 7. The van der Waals surface area contributed by atoms with Gasteiger partial charge in [-0.1, -0.05) is 6.58 Å². The van der Waals surface area contributed by atoms with E-state index in [9.17, 15) is 14.4 Å².